The molecule has 4 heteroatoms. The van der Waals surface area contributed by atoms with Crippen molar-refractivity contribution in [2.45, 2.75) is 29.4 Å². The van der Waals surface area contributed by atoms with E-state index in [1.165, 1.54) is 79.1 Å². The van der Waals surface area contributed by atoms with Gasteiger partial charge in [-0.05, 0) is 92.2 Å². The van der Waals surface area contributed by atoms with Gasteiger partial charge in [-0.2, -0.15) is 0 Å². The lowest BCUT2D eigenvalue weighted by Gasteiger charge is -2.38. The number of hydrogen-bond donors (Lipinski definition) is 0. The van der Waals surface area contributed by atoms with Crippen LogP contribution in [-0.4, -0.2) is 6.71 Å². The normalized spacial score (nSPS) is 13.7. The summed E-state index contributed by atoms with van der Waals surface area (Å²) in [7, 11) is 0. The third kappa shape index (κ3) is 3.46. The highest BCUT2D eigenvalue weighted by atomic mass is 32.2. The quantitative estimate of drug-likeness (QED) is 0.199. The molecule has 40 heavy (non-hydrogen) atoms. The summed E-state index contributed by atoms with van der Waals surface area (Å²) >= 11 is 5.85. The van der Waals surface area contributed by atoms with Gasteiger partial charge in [-0.25, -0.2) is 0 Å². The van der Waals surface area contributed by atoms with Crippen LogP contribution in [0.1, 0.15) is 0 Å². The molecule has 186 valence electrons. The first kappa shape index (κ1) is 23.2. The van der Waals surface area contributed by atoms with Gasteiger partial charge in [0.05, 0.1) is 0 Å². The molecule has 0 spiro atoms. The minimum atomic E-state index is 0.317. The van der Waals surface area contributed by atoms with Crippen molar-refractivity contribution in [1.29, 1.82) is 0 Å². The number of benzene rings is 6. The largest absolute Gasteiger partial charge is 0.250 e. The van der Waals surface area contributed by atoms with Gasteiger partial charge in [0.2, 0.25) is 6.71 Å². The molecule has 0 N–H and O–H groups in total. The van der Waals surface area contributed by atoms with Crippen LogP contribution in [0.15, 0.2) is 157 Å². The van der Waals surface area contributed by atoms with Gasteiger partial charge < -0.3 is 0 Å². The second-order valence-corrected chi connectivity index (χ2v) is 13.7. The lowest BCUT2D eigenvalue weighted by atomic mass is 9.36. The fourth-order valence-corrected chi connectivity index (χ4v) is 10.3. The molecule has 3 aliphatic heterocycles. The van der Waals surface area contributed by atoms with E-state index in [4.69, 9.17) is 0 Å². The molecule has 0 bridgehead atoms. The van der Waals surface area contributed by atoms with Crippen LogP contribution in [0.2, 0.25) is 0 Å². The molecule has 0 aliphatic carbocycles. The molecule has 0 saturated heterocycles. The van der Waals surface area contributed by atoms with Crippen LogP contribution in [-0.2, 0) is 0 Å². The zero-order chi connectivity index (χ0) is 26.2. The van der Waals surface area contributed by atoms with Crippen molar-refractivity contribution < 1.29 is 0 Å². The Balaban J connectivity index is 1.21. The van der Waals surface area contributed by atoms with Crippen molar-refractivity contribution in [3.63, 3.8) is 0 Å². The first-order chi connectivity index (χ1) is 19.8. The molecule has 9 rings (SSSR count). The van der Waals surface area contributed by atoms with Gasteiger partial charge in [-0.1, -0.05) is 120 Å². The molecule has 0 aromatic heterocycles. The van der Waals surface area contributed by atoms with Crippen molar-refractivity contribution in [1.82, 2.24) is 0 Å². The Kier molecular flexibility index (Phi) is 5.20. The minimum absolute atomic E-state index is 0.317. The van der Waals surface area contributed by atoms with Crippen molar-refractivity contribution >= 4 is 58.4 Å². The lowest BCUT2D eigenvalue weighted by molar-refractivity contribution is 1.27. The van der Waals surface area contributed by atoms with Gasteiger partial charge in [0.15, 0.2) is 0 Å². The first-order valence-electron chi connectivity index (χ1n) is 13.5. The van der Waals surface area contributed by atoms with Gasteiger partial charge in [-0.15, -0.1) is 0 Å². The average Bonchev–Trinajstić information content (AvgIpc) is 3.02. The van der Waals surface area contributed by atoms with Crippen LogP contribution in [0.5, 0.6) is 0 Å². The second-order valence-electron chi connectivity index (χ2n) is 10.5. The summed E-state index contributed by atoms with van der Waals surface area (Å²) in [5, 5.41) is 0. The standard InChI is InChI=1S/C36H21BS3/c1-2-8-22(9-3-1)23-10-4-11-24(20-23)25-12-5-13-26(21-25)27-18-19-32-35-36(27)40-31-17-7-16-30-34(31)37(35)33-28(38-30)14-6-15-29(33)39-32/h1-21H. The summed E-state index contributed by atoms with van der Waals surface area (Å²) in [5.41, 5.74) is 12.1. The van der Waals surface area contributed by atoms with Crippen LogP contribution in [0.25, 0.3) is 33.4 Å². The predicted octanol–water partition coefficient (Wildman–Crippen LogP) is 8.60. The van der Waals surface area contributed by atoms with Crippen molar-refractivity contribution in [2.75, 3.05) is 0 Å². The third-order valence-electron chi connectivity index (χ3n) is 8.20. The Morgan fingerprint density at radius 3 is 1.48 bits per heavy atom. The fraction of sp³-hybridized carbons (Fsp3) is 0. The summed E-state index contributed by atoms with van der Waals surface area (Å²) in [6.45, 7) is 0.317. The fourth-order valence-electron chi connectivity index (χ4n) is 6.41. The minimum Gasteiger partial charge on any atom is -0.0911 e. The zero-order valence-corrected chi connectivity index (χ0v) is 23.9. The molecule has 0 radical (unpaired) electrons. The topological polar surface area (TPSA) is 0 Å². The Morgan fingerprint density at radius 1 is 0.350 bits per heavy atom. The highest BCUT2D eigenvalue weighted by Gasteiger charge is 2.43. The zero-order valence-electron chi connectivity index (χ0n) is 21.4. The molecule has 0 saturated carbocycles. The van der Waals surface area contributed by atoms with Gasteiger partial charge in [-0.3, -0.25) is 0 Å². The Bertz CT molecular complexity index is 1960. The van der Waals surface area contributed by atoms with Crippen LogP contribution >= 0.6 is 35.3 Å². The summed E-state index contributed by atoms with van der Waals surface area (Å²) in [6, 6.07) is 47.1. The van der Waals surface area contributed by atoms with E-state index in [1.807, 2.05) is 35.3 Å². The van der Waals surface area contributed by atoms with Gasteiger partial charge >= 0.3 is 0 Å². The van der Waals surface area contributed by atoms with Gasteiger partial charge in [0.25, 0.3) is 0 Å². The van der Waals surface area contributed by atoms with Crippen molar-refractivity contribution in [3.05, 3.63) is 127 Å². The lowest BCUT2D eigenvalue weighted by Crippen LogP contribution is -2.60. The Morgan fingerprint density at radius 2 is 0.825 bits per heavy atom. The van der Waals surface area contributed by atoms with E-state index >= 15 is 0 Å². The average molecular weight is 561 g/mol. The van der Waals surface area contributed by atoms with Crippen LogP contribution in [0, 0.1) is 0 Å². The highest BCUT2D eigenvalue weighted by Crippen LogP contribution is 2.47. The molecule has 3 heterocycles. The maximum atomic E-state index is 2.38. The maximum absolute atomic E-state index is 2.38. The molecule has 0 fully saturated rings. The molecule has 0 unspecified atom stereocenters. The Hall–Kier alpha value is -3.57. The maximum Gasteiger partial charge on any atom is 0.250 e. The van der Waals surface area contributed by atoms with E-state index < -0.39 is 0 Å². The molecule has 0 atom stereocenters. The summed E-state index contributed by atoms with van der Waals surface area (Å²) in [4.78, 5) is 8.46. The number of hydrogen-bond acceptors (Lipinski definition) is 3. The van der Waals surface area contributed by atoms with E-state index in [2.05, 4.69) is 127 Å². The van der Waals surface area contributed by atoms with Gasteiger partial charge in [0, 0.05) is 29.4 Å². The molecule has 6 aromatic rings. The Labute approximate surface area is 247 Å². The third-order valence-corrected chi connectivity index (χ3v) is 11.7. The molecule has 0 nitrogen and oxygen atoms in total. The SMILES string of the molecule is c1ccc(-c2cccc(-c3cccc(-c4ccc5c6c4Sc4cccc7c4B6c4c(cccc4S5)S7)c3)c2)cc1. The summed E-state index contributed by atoms with van der Waals surface area (Å²) in [6.07, 6.45) is 0. The van der Waals surface area contributed by atoms with Crippen LogP contribution in [0.3, 0.4) is 0 Å². The molecular formula is C36H21BS3. The highest BCUT2D eigenvalue weighted by molar-refractivity contribution is 8.02. The molecule has 0 amide bonds. The molecular weight excluding hydrogens is 539 g/mol. The first-order valence-corrected chi connectivity index (χ1v) is 16.0. The van der Waals surface area contributed by atoms with Crippen molar-refractivity contribution in [2.24, 2.45) is 0 Å². The van der Waals surface area contributed by atoms with Gasteiger partial charge in [0.1, 0.15) is 0 Å². The summed E-state index contributed by atoms with van der Waals surface area (Å²) in [5.74, 6) is 0. The van der Waals surface area contributed by atoms with E-state index in [0.29, 0.717) is 6.71 Å². The van der Waals surface area contributed by atoms with E-state index in [0.717, 1.165) is 0 Å². The summed E-state index contributed by atoms with van der Waals surface area (Å²) < 4.78 is 0. The van der Waals surface area contributed by atoms with Crippen LogP contribution in [0.4, 0.5) is 0 Å². The van der Waals surface area contributed by atoms with E-state index in [9.17, 15) is 0 Å². The number of rotatable bonds is 3. The van der Waals surface area contributed by atoms with Crippen LogP contribution < -0.4 is 16.4 Å². The molecule has 6 aromatic carbocycles. The monoisotopic (exact) mass is 560 g/mol. The predicted molar refractivity (Wildman–Crippen MR) is 173 cm³/mol. The smallest absolute Gasteiger partial charge is 0.0911 e. The second kappa shape index (κ2) is 8.97. The van der Waals surface area contributed by atoms with E-state index in [-0.39, 0.29) is 0 Å². The molecule has 3 aliphatic rings. The van der Waals surface area contributed by atoms with E-state index in [1.54, 1.807) is 0 Å². The van der Waals surface area contributed by atoms with Crippen molar-refractivity contribution in [3.8, 4) is 33.4 Å².